The van der Waals surface area contributed by atoms with E-state index in [4.69, 9.17) is 0 Å². The Bertz CT molecular complexity index is 386. The number of hydrogen-bond acceptors (Lipinski definition) is 1. The quantitative estimate of drug-likeness (QED) is 0.564. The summed E-state index contributed by atoms with van der Waals surface area (Å²) in [6.07, 6.45) is 2.08. The molecule has 0 bridgehead atoms. The summed E-state index contributed by atoms with van der Waals surface area (Å²) in [5, 5.41) is 5.72. The first kappa shape index (κ1) is 14.8. The highest BCUT2D eigenvalue weighted by Gasteiger charge is 2.08. The van der Waals surface area contributed by atoms with Crippen LogP contribution < -0.4 is 10.6 Å². The van der Waals surface area contributed by atoms with Gasteiger partial charge in [0.1, 0.15) is 0 Å². The summed E-state index contributed by atoms with van der Waals surface area (Å²) in [5.41, 5.74) is 1.93. The Morgan fingerprint density at radius 1 is 1.47 bits per heavy atom. The minimum atomic E-state index is -0.137. The highest BCUT2D eigenvalue weighted by Crippen LogP contribution is 2.26. The van der Waals surface area contributed by atoms with Crippen molar-refractivity contribution in [2.75, 3.05) is 11.9 Å². The molecule has 17 heavy (non-hydrogen) atoms. The van der Waals surface area contributed by atoms with Crippen LogP contribution in [0.1, 0.15) is 25.3 Å². The number of halogens is 2. The van der Waals surface area contributed by atoms with Crippen molar-refractivity contribution >= 4 is 50.2 Å². The van der Waals surface area contributed by atoms with E-state index in [1.54, 1.807) is 0 Å². The van der Waals surface area contributed by atoms with Crippen molar-refractivity contribution in [1.82, 2.24) is 5.32 Å². The number of carbonyl (C=O) groups excluding carboxylic acids is 1. The van der Waals surface area contributed by atoms with Crippen molar-refractivity contribution in [2.45, 2.75) is 26.7 Å². The molecule has 0 unspecified atom stereocenters. The molecule has 0 aromatic heterocycles. The maximum Gasteiger partial charge on any atom is 0.319 e. The molecule has 0 aliphatic rings. The van der Waals surface area contributed by atoms with Crippen molar-refractivity contribution in [2.24, 2.45) is 0 Å². The van der Waals surface area contributed by atoms with Gasteiger partial charge >= 0.3 is 6.03 Å². The number of benzene rings is 1. The summed E-state index contributed by atoms with van der Waals surface area (Å²) in [6.45, 7) is 4.80. The fourth-order valence-electron chi connectivity index (χ4n) is 1.40. The third kappa shape index (κ3) is 4.83. The third-order valence-electron chi connectivity index (χ3n) is 2.31. The van der Waals surface area contributed by atoms with E-state index in [1.807, 2.05) is 19.1 Å². The Hall–Kier alpha value is -0.300. The molecule has 0 spiro atoms. The summed E-state index contributed by atoms with van der Waals surface area (Å²) in [6, 6.07) is 3.83. The zero-order valence-corrected chi connectivity index (χ0v) is 13.7. The van der Waals surface area contributed by atoms with Gasteiger partial charge < -0.3 is 10.6 Å². The van der Waals surface area contributed by atoms with Gasteiger partial charge in [-0.15, -0.1) is 0 Å². The lowest BCUT2D eigenvalue weighted by Crippen LogP contribution is -2.30. The number of hydrogen-bond donors (Lipinski definition) is 2. The monoisotopic (exact) mass is 410 g/mol. The predicted octanol–water partition coefficient (Wildman–Crippen LogP) is 4.28. The van der Waals surface area contributed by atoms with E-state index in [9.17, 15) is 4.79 Å². The second kappa shape index (κ2) is 7.20. The third-order valence-corrected chi connectivity index (χ3v) is 3.62. The van der Waals surface area contributed by atoms with E-state index in [1.165, 1.54) is 0 Å². The highest BCUT2D eigenvalue weighted by atomic mass is 127. The van der Waals surface area contributed by atoms with Gasteiger partial charge in [0.05, 0.1) is 5.69 Å². The summed E-state index contributed by atoms with van der Waals surface area (Å²) in [4.78, 5) is 11.6. The van der Waals surface area contributed by atoms with Crippen molar-refractivity contribution in [3.8, 4) is 0 Å². The van der Waals surface area contributed by atoms with E-state index >= 15 is 0 Å². The van der Waals surface area contributed by atoms with Crippen LogP contribution in [0.3, 0.4) is 0 Å². The summed E-state index contributed by atoms with van der Waals surface area (Å²) >= 11 is 5.65. The Morgan fingerprint density at radius 2 is 2.18 bits per heavy atom. The van der Waals surface area contributed by atoms with Gasteiger partial charge in [0, 0.05) is 14.6 Å². The van der Waals surface area contributed by atoms with E-state index < -0.39 is 0 Å². The number of anilines is 1. The number of urea groups is 1. The topological polar surface area (TPSA) is 41.1 Å². The van der Waals surface area contributed by atoms with Gasteiger partial charge in [-0.05, 0) is 53.6 Å². The molecule has 1 rings (SSSR count). The van der Waals surface area contributed by atoms with Gasteiger partial charge in [0.2, 0.25) is 0 Å². The van der Waals surface area contributed by atoms with E-state index in [2.05, 4.69) is 56.1 Å². The lowest BCUT2D eigenvalue weighted by Gasteiger charge is -2.12. The van der Waals surface area contributed by atoms with Crippen LogP contribution in [0.2, 0.25) is 0 Å². The molecule has 1 aromatic carbocycles. The standard InChI is InChI=1S/C12H16BrIN2O/c1-3-4-5-15-12(17)16-11-8(2)6-9(13)7-10(11)14/h6-7H,3-5H2,1-2H3,(H2,15,16,17). The Kier molecular flexibility index (Phi) is 6.26. The molecule has 0 fully saturated rings. The number of carbonyl (C=O) groups is 1. The van der Waals surface area contributed by atoms with Crippen molar-refractivity contribution < 1.29 is 4.79 Å². The maximum atomic E-state index is 11.6. The summed E-state index contributed by atoms with van der Waals surface area (Å²) < 4.78 is 2.05. The SMILES string of the molecule is CCCCNC(=O)Nc1c(C)cc(Br)cc1I. The second-order valence-electron chi connectivity index (χ2n) is 3.81. The molecule has 1 aromatic rings. The fourth-order valence-corrected chi connectivity index (χ4v) is 3.29. The smallest absolute Gasteiger partial charge is 0.319 e. The van der Waals surface area contributed by atoms with Gasteiger partial charge in [0.15, 0.2) is 0 Å². The Labute approximate surface area is 124 Å². The van der Waals surface area contributed by atoms with Crippen LogP contribution in [0.25, 0.3) is 0 Å². The summed E-state index contributed by atoms with van der Waals surface area (Å²) in [5.74, 6) is 0. The van der Waals surface area contributed by atoms with Crippen molar-refractivity contribution in [3.63, 3.8) is 0 Å². The number of unbranched alkanes of at least 4 members (excludes halogenated alkanes) is 1. The fraction of sp³-hybridized carbons (Fsp3) is 0.417. The van der Waals surface area contributed by atoms with Crippen LogP contribution in [-0.4, -0.2) is 12.6 Å². The van der Waals surface area contributed by atoms with Crippen LogP contribution in [0.15, 0.2) is 16.6 Å². The molecule has 0 saturated carbocycles. The Balaban J connectivity index is 2.65. The zero-order chi connectivity index (χ0) is 12.8. The first-order valence-corrected chi connectivity index (χ1v) is 7.42. The number of aryl methyl sites for hydroxylation is 1. The number of nitrogens with one attached hydrogen (secondary N) is 2. The molecule has 0 heterocycles. The molecule has 2 N–H and O–H groups in total. The van der Waals surface area contributed by atoms with E-state index in [0.717, 1.165) is 32.1 Å². The molecule has 0 radical (unpaired) electrons. The molecule has 2 amide bonds. The molecule has 94 valence electrons. The lowest BCUT2D eigenvalue weighted by atomic mass is 10.2. The largest absolute Gasteiger partial charge is 0.338 e. The van der Waals surface area contributed by atoms with E-state index in [0.29, 0.717) is 6.54 Å². The lowest BCUT2D eigenvalue weighted by molar-refractivity contribution is 0.252. The first-order chi connectivity index (χ1) is 8.04. The van der Waals surface area contributed by atoms with Crippen LogP contribution in [0.5, 0.6) is 0 Å². The van der Waals surface area contributed by atoms with Gasteiger partial charge in [-0.3, -0.25) is 0 Å². The number of rotatable bonds is 4. The predicted molar refractivity (Wildman–Crippen MR) is 83.5 cm³/mol. The highest BCUT2D eigenvalue weighted by molar-refractivity contribution is 14.1. The minimum Gasteiger partial charge on any atom is -0.338 e. The van der Waals surface area contributed by atoms with Crippen LogP contribution in [0.4, 0.5) is 10.5 Å². The van der Waals surface area contributed by atoms with Crippen molar-refractivity contribution in [3.05, 3.63) is 25.7 Å². The summed E-state index contributed by atoms with van der Waals surface area (Å²) in [7, 11) is 0. The molecular formula is C12H16BrIN2O. The molecule has 5 heteroatoms. The normalized spacial score (nSPS) is 10.1. The van der Waals surface area contributed by atoms with E-state index in [-0.39, 0.29) is 6.03 Å². The Morgan fingerprint density at radius 3 is 2.76 bits per heavy atom. The maximum absolute atomic E-state index is 11.6. The van der Waals surface area contributed by atoms with Crippen LogP contribution in [0, 0.1) is 10.5 Å². The second-order valence-corrected chi connectivity index (χ2v) is 5.89. The van der Waals surface area contributed by atoms with Crippen LogP contribution in [-0.2, 0) is 0 Å². The molecule has 3 nitrogen and oxygen atoms in total. The van der Waals surface area contributed by atoms with Gasteiger partial charge in [-0.25, -0.2) is 4.79 Å². The minimum absolute atomic E-state index is 0.137. The van der Waals surface area contributed by atoms with Crippen LogP contribution >= 0.6 is 38.5 Å². The first-order valence-electron chi connectivity index (χ1n) is 5.55. The van der Waals surface area contributed by atoms with Gasteiger partial charge in [-0.1, -0.05) is 29.3 Å². The molecule has 0 atom stereocenters. The molecular weight excluding hydrogens is 395 g/mol. The average Bonchev–Trinajstić information content (AvgIpc) is 2.24. The molecule has 0 aliphatic heterocycles. The van der Waals surface area contributed by atoms with Gasteiger partial charge in [0.25, 0.3) is 0 Å². The molecule has 0 aliphatic carbocycles. The van der Waals surface area contributed by atoms with Gasteiger partial charge in [-0.2, -0.15) is 0 Å². The molecule has 0 saturated heterocycles. The number of amides is 2. The average molecular weight is 411 g/mol. The zero-order valence-electron chi connectivity index (χ0n) is 9.94. The van der Waals surface area contributed by atoms with Crippen molar-refractivity contribution in [1.29, 1.82) is 0 Å².